The maximum absolute atomic E-state index is 11.7. The van der Waals surface area contributed by atoms with Crippen molar-refractivity contribution in [1.82, 2.24) is 10.6 Å². The molecular weight excluding hydrogens is 228 g/mol. The Morgan fingerprint density at radius 3 is 2.61 bits per heavy atom. The largest absolute Gasteiger partial charge is 0.508 e. The van der Waals surface area contributed by atoms with Gasteiger partial charge in [-0.1, -0.05) is 26.0 Å². The van der Waals surface area contributed by atoms with E-state index in [1.165, 1.54) is 0 Å². The molecule has 1 rings (SSSR count). The van der Waals surface area contributed by atoms with E-state index in [-0.39, 0.29) is 17.6 Å². The van der Waals surface area contributed by atoms with Crippen LogP contribution in [0.2, 0.25) is 0 Å². The number of hydrogen-bond acceptors (Lipinski definition) is 3. The molecule has 0 radical (unpaired) electrons. The van der Waals surface area contributed by atoms with Gasteiger partial charge in [-0.05, 0) is 30.7 Å². The molecule has 1 atom stereocenters. The molecular formula is C14H22N2O2. The topological polar surface area (TPSA) is 61.4 Å². The lowest BCUT2D eigenvalue weighted by Gasteiger charge is -2.12. The molecule has 4 nitrogen and oxygen atoms in total. The molecule has 0 aromatic heterocycles. The van der Waals surface area contributed by atoms with Crippen LogP contribution in [0.25, 0.3) is 0 Å². The van der Waals surface area contributed by atoms with Crippen molar-refractivity contribution in [3.8, 4) is 5.75 Å². The maximum atomic E-state index is 11.7. The average molecular weight is 250 g/mol. The Balaban J connectivity index is 2.24. The van der Waals surface area contributed by atoms with E-state index in [9.17, 15) is 4.79 Å². The molecule has 18 heavy (non-hydrogen) atoms. The van der Waals surface area contributed by atoms with Crippen molar-refractivity contribution in [1.29, 1.82) is 0 Å². The minimum absolute atomic E-state index is 0.00947. The van der Waals surface area contributed by atoms with Gasteiger partial charge < -0.3 is 15.7 Å². The lowest BCUT2D eigenvalue weighted by atomic mass is 10.1. The van der Waals surface area contributed by atoms with Crippen LogP contribution < -0.4 is 10.6 Å². The van der Waals surface area contributed by atoms with Gasteiger partial charge in [0.1, 0.15) is 5.75 Å². The molecule has 0 heterocycles. The number of phenolic OH excluding ortho intramolecular Hbond substituents is 1. The number of phenols is 1. The highest BCUT2D eigenvalue weighted by Gasteiger charge is 2.10. The molecule has 0 aliphatic heterocycles. The average Bonchev–Trinajstić information content (AvgIpc) is 2.38. The summed E-state index contributed by atoms with van der Waals surface area (Å²) in [4.78, 5) is 11.7. The van der Waals surface area contributed by atoms with Gasteiger partial charge in [0.15, 0.2) is 0 Å². The molecule has 1 aromatic rings. The predicted octanol–water partition coefficient (Wildman–Crippen LogP) is 1.30. The first-order valence-corrected chi connectivity index (χ1v) is 6.39. The van der Waals surface area contributed by atoms with E-state index in [0.717, 1.165) is 18.5 Å². The van der Waals surface area contributed by atoms with Gasteiger partial charge in [-0.3, -0.25) is 4.79 Å². The van der Waals surface area contributed by atoms with Gasteiger partial charge >= 0.3 is 0 Å². The summed E-state index contributed by atoms with van der Waals surface area (Å²) in [5, 5.41) is 15.2. The quantitative estimate of drug-likeness (QED) is 0.683. The van der Waals surface area contributed by atoms with Crippen LogP contribution in [0.1, 0.15) is 19.4 Å². The number of carbonyl (C=O) groups is 1. The summed E-state index contributed by atoms with van der Waals surface area (Å²) in [6.07, 6.45) is 0.778. The normalized spacial score (nSPS) is 12.1. The van der Waals surface area contributed by atoms with Crippen molar-refractivity contribution in [2.45, 2.75) is 20.3 Å². The Hall–Kier alpha value is -1.55. The number of nitrogens with one attached hydrogen (secondary N) is 2. The summed E-state index contributed by atoms with van der Waals surface area (Å²) in [6, 6.07) is 7.04. The Morgan fingerprint density at radius 1 is 1.33 bits per heavy atom. The van der Waals surface area contributed by atoms with Crippen molar-refractivity contribution in [3.05, 3.63) is 29.8 Å². The summed E-state index contributed by atoms with van der Waals surface area (Å²) in [6.45, 7) is 6.15. The maximum Gasteiger partial charge on any atom is 0.224 e. The molecule has 3 N–H and O–H groups in total. The van der Waals surface area contributed by atoms with Gasteiger partial charge in [0.25, 0.3) is 0 Å². The highest BCUT2D eigenvalue weighted by molar-refractivity contribution is 5.78. The second-order valence-corrected chi connectivity index (χ2v) is 4.42. The first-order valence-electron chi connectivity index (χ1n) is 6.39. The van der Waals surface area contributed by atoms with Crippen LogP contribution in [-0.2, 0) is 11.2 Å². The summed E-state index contributed by atoms with van der Waals surface area (Å²) >= 11 is 0. The zero-order chi connectivity index (χ0) is 13.4. The van der Waals surface area contributed by atoms with Crippen molar-refractivity contribution >= 4 is 5.91 Å². The van der Waals surface area contributed by atoms with Crippen LogP contribution in [-0.4, -0.2) is 30.6 Å². The van der Waals surface area contributed by atoms with Crippen LogP contribution >= 0.6 is 0 Å². The number of aromatic hydroxyl groups is 1. The molecule has 0 saturated carbocycles. The molecule has 0 spiro atoms. The second-order valence-electron chi connectivity index (χ2n) is 4.42. The second kappa shape index (κ2) is 7.71. The van der Waals surface area contributed by atoms with Crippen LogP contribution in [0, 0.1) is 5.92 Å². The molecule has 0 aliphatic rings. The standard InChI is InChI=1S/C14H22N2O2/c1-3-15-10-11(2)14(18)16-9-8-12-4-6-13(17)7-5-12/h4-7,11,15,17H,3,8-10H2,1-2H3,(H,16,18). The SMILES string of the molecule is CCNCC(C)C(=O)NCCc1ccc(O)cc1. The minimum Gasteiger partial charge on any atom is -0.508 e. The van der Waals surface area contributed by atoms with Gasteiger partial charge in [0.05, 0.1) is 0 Å². The van der Waals surface area contributed by atoms with Crippen LogP contribution in [0.4, 0.5) is 0 Å². The lowest BCUT2D eigenvalue weighted by molar-refractivity contribution is -0.124. The Labute approximate surface area is 108 Å². The molecule has 100 valence electrons. The van der Waals surface area contributed by atoms with Crippen LogP contribution in [0.5, 0.6) is 5.75 Å². The third kappa shape index (κ3) is 5.19. The molecule has 1 unspecified atom stereocenters. The van der Waals surface area contributed by atoms with Gasteiger partial charge in [-0.25, -0.2) is 0 Å². The van der Waals surface area contributed by atoms with E-state index in [1.807, 2.05) is 26.0 Å². The van der Waals surface area contributed by atoms with Crippen LogP contribution in [0.15, 0.2) is 24.3 Å². The zero-order valence-corrected chi connectivity index (χ0v) is 11.1. The molecule has 0 fully saturated rings. The highest BCUT2D eigenvalue weighted by Crippen LogP contribution is 2.09. The van der Waals surface area contributed by atoms with Gasteiger partial charge in [0, 0.05) is 19.0 Å². The third-order valence-electron chi connectivity index (χ3n) is 2.80. The number of hydrogen-bond donors (Lipinski definition) is 3. The van der Waals surface area contributed by atoms with Crippen molar-refractivity contribution in [2.75, 3.05) is 19.6 Å². The fourth-order valence-electron chi connectivity index (χ4n) is 1.62. The van der Waals surface area contributed by atoms with Gasteiger partial charge in [0.2, 0.25) is 5.91 Å². The first-order chi connectivity index (χ1) is 8.63. The third-order valence-corrected chi connectivity index (χ3v) is 2.80. The Bertz CT molecular complexity index is 363. The number of rotatable bonds is 7. The number of amides is 1. The highest BCUT2D eigenvalue weighted by atomic mass is 16.3. The summed E-state index contributed by atoms with van der Waals surface area (Å²) in [5.74, 6) is 0.335. The van der Waals surface area contributed by atoms with Gasteiger partial charge in [-0.15, -0.1) is 0 Å². The molecule has 1 amide bonds. The summed E-state index contributed by atoms with van der Waals surface area (Å²) in [5.41, 5.74) is 1.10. The predicted molar refractivity (Wildman–Crippen MR) is 72.5 cm³/mol. The molecule has 0 bridgehead atoms. The molecule has 1 aromatic carbocycles. The Morgan fingerprint density at radius 2 is 2.00 bits per heavy atom. The number of benzene rings is 1. The first kappa shape index (κ1) is 14.5. The van der Waals surface area contributed by atoms with E-state index >= 15 is 0 Å². The van der Waals surface area contributed by atoms with E-state index < -0.39 is 0 Å². The molecule has 4 heteroatoms. The van der Waals surface area contributed by atoms with Gasteiger partial charge in [-0.2, -0.15) is 0 Å². The van der Waals surface area contributed by atoms with E-state index in [2.05, 4.69) is 10.6 Å². The molecule has 0 aliphatic carbocycles. The molecule has 0 saturated heterocycles. The van der Waals surface area contributed by atoms with E-state index in [4.69, 9.17) is 5.11 Å². The minimum atomic E-state index is -0.00947. The van der Waals surface area contributed by atoms with Crippen molar-refractivity contribution in [3.63, 3.8) is 0 Å². The van der Waals surface area contributed by atoms with Crippen molar-refractivity contribution in [2.24, 2.45) is 5.92 Å². The van der Waals surface area contributed by atoms with Crippen molar-refractivity contribution < 1.29 is 9.90 Å². The smallest absolute Gasteiger partial charge is 0.224 e. The number of carbonyl (C=O) groups excluding carboxylic acids is 1. The summed E-state index contributed by atoms with van der Waals surface area (Å²) < 4.78 is 0. The monoisotopic (exact) mass is 250 g/mol. The van der Waals surface area contributed by atoms with E-state index in [0.29, 0.717) is 13.1 Å². The fraction of sp³-hybridized carbons (Fsp3) is 0.500. The lowest BCUT2D eigenvalue weighted by Crippen LogP contribution is -2.36. The summed E-state index contributed by atoms with van der Waals surface area (Å²) in [7, 11) is 0. The van der Waals surface area contributed by atoms with E-state index in [1.54, 1.807) is 12.1 Å². The fourth-order valence-corrected chi connectivity index (χ4v) is 1.62. The van der Waals surface area contributed by atoms with Crippen LogP contribution in [0.3, 0.4) is 0 Å². The zero-order valence-electron chi connectivity index (χ0n) is 11.1. The Kier molecular flexibility index (Phi) is 6.22.